The van der Waals surface area contributed by atoms with Gasteiger partial charge in [0.1, 0.15) is 17.2 Å². The Bertz CT molecular complexity index is 1310. The molecular weight excluding hydrogens is 502 g/mol. The van der Waals surface area contributed by atoms with Crippen molar-refractivity contribution in [3.05, 3.63) is 89.0 Å². The van der Waals surface area contributed by atoms with Gasteiger partial charge in [0.05, 0.1) is 12.6 Å². The number of nitrogens with zero attached hydrogens (tertiary/aromatic N) is 1. The van der Waals surface area contributed by atoms with Crippen LogP contribution in [0.2, 0.25) is 0 Å². The number of ether oxygens (including phenoxy) is 2. The van der Waals surface area contributed by atoms with E-state index in [1.165, 1.54) is 5.56 Å². The van der Waals surface area contributed by atoms with E-state index in [2.05, 4.69) is 23.5 Å². The third-order valence-electron chi connectivity index (χ3n) is 7.64. The molecule has 210 valence electrons. The maximum Gasteiger partial charge on any atom is 0.223 e. The van der Waals surface area contributed by atoms with E-state index in [0.29, 0.717) is 51.9 Å². The summed E-state index contributed by atoms with van der Waals surface area (Å²) < 4.78 is 12.3. The highest BCUT2D eigenvalue weighted by Crippen LogP contribution is 2.39. The fraction of sp³-hybridized carbons (Fsp3) is 0.394. The van der Waals surface area contributed by atoms with Crippen molar-refractivity contribution in [1.29, 1.82) is 0 Å². The van der Waals surface area contributed by atoms with Crippen LogP contribution < -0.4 is 20.5 Å². The van der Waals surface area contributed by atoms with Crippen molar-refractivity contribution < 1.29 is 19.1 Å². The third kappa shape index (κ3) is 7.02. The van der Waals surface area contributed by atoms with Gasteiger partial charge in [0, 0.05) is 25.9 Å². The summed E-state index contributed by atoms with van der Waals surface area (Å²) in [6.45, 7) is 2.37. The minimum atomic E-state index is -0.198. The van der Waals surface area contributed by atoms with Crippen LogP contribution in [-0.4, -0.2) is 43.0 Å². The van der Waals surface area contributed by atoms with Gasteiger partial charge in [-0.05, 0) is 97.3 Å². The Labute approximate surface area is 236 Å². The molecule has 5 aliphatic heterocycles. The lowest BCUT2D eigenvalue weighted by Crippen LogP contribution is -2.40. The Balaban J connectivity index is 1.46. The van der Waals surface area contributed by atoms with Gasteiger partial charge >= 0.3 is 0 Å². The molecule has 40 heavy (non-hydrogen) atoms. The SMILES string of the molecule is NCCCCCC(=O)N1CCc2cc3ccc2C1c1cccc(c1)OCCCNC(=O)CCc1ccc(cc1)O3. The molecular formula is C33H39N3O4. The lowest BCUT2D eigenvalue weighted by atomic mass is 9.87. The Morgan fingerprint density at radius 2 is 1.77 bits per heavy atom. The molecule has 5 aliphatic rings. The monoisotopic (exact) mass is 541 g/mol. The summed E-state index contributed by atoms with van der Waals surface area (Å²) >= 11 is 0. The van der Waals surface area contributed by atoms with Gasteiger partial charge in [-0.1, -0.05) is 36.8 Å². The Hall–Kier alpha value is -3.84. The van der Waals surface area contributed by atoms with Crippen molar-refractivity contribution in [3.8, 4) is 17.2 Å². The van der Waals surface area contributed by atoms with Gasteiger partial charge < -0.3 is 25.4 Å². The molecule has 7 nitrogen and oxygen atoms in total. The molecule has 8 rings (SSSR count). The molecule has 0 fully saturated rings. The summed E-state index contributed by atoms with van der Waals surface area (Å²) in [6, 6.07) is 22.0. The highest BCUT2D eigenvalue weighted by Gasteiger charge is 2.32. The summed E-state index contributed by atoms with van der Waals surface area (Å²) in [5, 5.41) is 2.99. The van der Waals surface area contributed by atoms with Crippen molar-refractivity contribution in [1.82, 2.24) is 10.2 Å². The highest BCUT2D eigenvalue weighted by atomic mass is 16.5. The molecule has 7 heteroatoms. The fourth-order valence-corrected chi connectivity index (χ4v) is 5.51. The maximum absolute atomic E-state index is 13.5. The van der Waals surface area contributed by atoms with Gasteiger partial charge in [0.25, 0.3) is 0 Å². The normalized spacial score (nSPS) is 17.4. The van der Waals surface area contributed by atoms with Gasteiger partial charge in [0.15, 0.2) is 0 Å². The smallest absolute Gasteiger partial charge is 0.223 e. The largest absolute Gasteiger partial charge is 0.494 e. The summed E-state index contributed by atoms with van der Waals surface area (Å²) in [6.07, 6.45) is 5.87. The zero-order chi connectivity index (χ0) is 27.7. The fourth-order valence-electron chi connectivity index (χ4n) is 5.51. The zero-order valence-corrected chi connectivity index (χ0v) is 23.1. The second-order valence-electron chi connectivity index (χ2n) is 10.6. The van der Waals surface area contributed by atoms with Crippen LogP contribution in [-0.2, 0) is 22.4 Å². The zero-order valence-electron chi connectivity index (χ0n) is 23.1. The first-order chi connectivity index (χ1) is 19.6. The quantitative estimate of drug-likeness (QED) is 0.428. The van der Waals surface area contributed by atoms with Crippen LogP contribution in [0.15, 0.2) is 66.7 Å². The minimum Gasteiger partial charge on any atom is -0.494 e. The molecule has 8 bridgehead atoms. The van der Waals surface area contributed by atoms with Crippen molar-refractivity contribution in [2.75, 3.05) is 26.2 Å². The average molecular weight is 542 g/mol. The van der Waals surface area contributed by atoms with Crippen LogP contribution in [0.5, 0.6) is 17.2 Å². The molecule has 2 amide bonds. The summed E-state index contributed by atoms with van der Waals surface area (Å²) in [7, 11) is 0. The van der Waals surface area contributed by atoms with E-state index in [1.54, 1.807) is 0 Å². The van der Waals surface area contributed by atoms with E-state index in [-0.39, 0.29) is 17.9 Å². The molecule has 3 N–H and O–H groups in total. The van der Waals surface area contributed by atoms with Crippen LogP contribution in [0.25, 0.3) is 0 Å². The maximum atomic E-state index is 13.5. The number of unbranched alkanes of at least 4 members (excludes halogenated alkanes) is 2. The Kier molecular flexibility index (Phi) is 9.34. The number of nitrogens with two attached hydrogens (primary N) is 1. The number of hydrogen-bond donors (Lipinski definition) is 2. The number of benzene rings is 3. The Morgan fingerprint density at radius 3 is 2.62 bits per heavy atom. The lowest BCUT2D eigenvalue weighted by Gasteiger charge is -2.38. The first-order valence-corrected chi connectivity index (χ1v) is 14.5. The van der Waals surface area contributed by atoms with E-state index in [1.807, 2.05) is 53.4 Å². The number of carbonyl (C=O) groups excluding carboxylic acids is 2. The van der Waals surface area contributed by atoms with E-state index >= 15 is 0 Å². The molecule has 0 saturated heterocycles. The van der Waals surface area contributed by atoms with Gasteiger partial charge in [-0.15, -0.1) is 0 Å². The Morgan fingerprint density at radius 1 is 0.925 bits per heavy atom. The van der Waals surface area contributed by atoms with E-state index in [9.17, 15) is 9.59 Å². The molecule has 3 aromatic carbocycles. The predicted molar refractivity (Wildman–Crippen MR) is 156 cm³/mol. The minimum absolute atomic E-state index is 0.0367. The van der Waals surface area contributed by atoms with Crippen LogP contribution >= 0.6 is 0 Å². The molecule has 0 aromatic heterocycles. The van der Waals surface area contributed by atoms with Crippen LogP contribution in [0.4, 0.5) is 0 Å². The van der Waals surface area contributed by atoms with Crippen molar-refractivity contribution in [2.45, 2.75) is 57.4 Å². The van der Waals surface area contributed by atoms with Crippen LogP contribution in [0.3, 0.4) is 0 Å². The molecule has 0 radical (unpaired) electrons. The molecule has 0 saturated carbocycles. The number of nitrogens with one attached hydrogen (secondary N) is 1. The molecule has 5 heterocycles. The first kappa shape index (κ1) is 27.7. The van der Waals surface area contributed by atoms with Crippen molar-refractivity contribution >= 4 is 11.8 Å². The van der Waals surface area contributed by atoms with Crippen LogP contribution in [0.1, 0.15) is 66.8 Å². The predicted octanol–water partition coefficient (Wildman–Crippen LogP) is 5.30. The number of amides is 2. The molecule has 1 atom stereocenters. The molecule has 1 unspecified atom stereocenters. The summed E-state index contributed by atoms with van der Waals surface area (Å²) in [5.74, 6) is 2.49. The third-order valence-corrected chi connectivity index (χ3v) is 7.64. The number of hydrogen-bond acceptors (Lipinski definition) is 5. The van der Waals surface area contributed by atoms with Gasteiger partial charge in [-0.25, -0.2) is 0 Å². The second-order valence-corrected chi connectivity index (χ2v) is 10.6. The van der Waals surface area contributed by atoms with Gasteiger partial charge in [0.2, 0.25) is 11.8 Å². The summed E-state index contributed by atoms with van der Waals surface area (Å²) in [5.41, 5.74) is 10.1. The molecule has 3 aromatic rings. The van der Waals surface area contributed by atoms with E-state index in [4.69, 9.17) is 15.2 Å². The van der Waals surface area contributed by atoms with Crippen LogP contribution in [0, 0.1) is 0 Å². The van der Waals surface area contributed by atoms with Gasteiger partial charge in [-0.3, -0.25) is 9.59 Å². The highest BCUT2D eigenvalue weighted by molar-refractivity contribution is 5.78. The first-order valence-electron chi connectivity index (χ1n) is 14.5. The molecule has 0 aliphatic carbocycles. The summed E-state index contributed by atoms with van der Waals surface area (Å²) in [4.78, 5) is 27.8. The van der Waals surface area contributed by atoms with E-state index in [0.717, 1.165) is 59.6 Å². The topological polar surface area (TPSA) is 93.9 Å². The second kappa shape index (κ2) is 13.5. The van der Waals surface area contributed by atoms with Gasteiger partial charge in [-0.2, -0.15) is 0 Å². The number of rotatable bonds is 5. The average Bonchev–Trinajstić information content (AvgIpc) is 2.98. The number of carbonyl (C=O) groups is 2. The van der Waals surface area contributed by atoms with Crippen molar-refractivity contribution in [3.63, 3.8) is 0 Å². The standard InChI is InChI=1S/C33H39N3O4/c34-18-3-1-2-8-32(38)36-20-17-25-22-29-14-15-30(25)33(36)26-6-4-7-28(23-26)39-21-5-19-35-31(37)16-11-24-9-12-27(40-29)13-10-24/h4,6-7,9-10,12-15,22-23,33H,1-3,5,8,11,16-21,34H2,(H,35,37). The number of aryl methyl sites for hydroxylation is 1. The lowest BCUT2D eigenvalue weighted by molar-refractivity contribution is -0.133. The molecule has 0 spiro atoms. The van der Waals surface area contributed by atoms with Crippen molar-refractivity contribution in [2.24, 2.45) is 5.73 Å². The van der Waals surface area contributed by atoms with E-state index < -0.39 is 0 Å².